The number of nitrogens with one attached hydrogen (secondary N) is 1. The van der Waals surface area contributed by atoms with Gasteiger partial charge in [-0.05, 0) is 12.5 Å². The molecule has 1 aliphatic rings. The van der Waals surface area contributed by atoms with Crippen molar-refractivity contribution in [3.63, 3.8) is 0 Å². The Hall–Kier alpha value is -0.640. The first kappa shape index (κ1) is 8.94. The van der Waals surface area contributed by atoms with Crippen LogP contribution in [0.4, 0.5) is 0 Å². The van der Waals surface area contributed by atoms with Crippen molar-refractivity contribution in [3.8, 4) is 0 Å². The molecule has 0 amide bonds. The van der Waals surface area contributed by atoms with Crippen molar-refractivity contribution in [2.45, 2.75) is 13.0 Å². The van der Waals surface area contributed by atoms with Gasteiger partial charge in [-0.15, -0.1) is 0 Å². The summed E-state index contributed by atoms with van der Waals surface area (Å²) in [5, 5.41) is 2.78. The molecule has 13 heavy (non-hydrogen) atoms. The first-order chi connectivity index (χ1) is 6.36. The van der Waals surface area contributed by atoms with Crippen molar-refractivity contribution in [1.29, 1.82) is 0 Å². The van der Waals surface area contributed by atoms with E-state index in [1.807, 2.05) is 12.1 Å². The third-order valence-corrected chi connectivity index (χ3v) is 2.48. The van der Waals surface area contributed by atoms with Gasteiger partial charge in [0.1, 0.15) is 5.15 Å². The lowest BCUT2D eigenvalue weighted by molar-refractivity contribution is 0.244. The van der Waals surface area contributed by atoms with Crippen molar-refractivity contribution in [2.75, 3.05) is 13.1 Å². The predicted octanol–water partition coefficient (Wildman–Crippen LogP) is 1.45. The topological polar surface area (TPSA) is 28.2 Å². The van der Waals surface area contributed by atoms with Crippen LogP contribution in [0.1, 0.15) is 12.0 Å². The minimum absolute atomic E-state index is 0.608. The zero-order valence-electron chi connectivity index (χ0n) is 7.33. The first-order valence-electron chi connectivity index (χ1n) is 4.44. The lowest BCUT2D eigenvalue weighted by atomic mass is 10.3. The van der Waals surface area contributed by atoms with Gasteiger partial charge >= 0.3 is 0 Å². The molecule has 4 heteroatoms. The quantitative estimate of drug-likeness (QED) is 0.728. The average molecular weight is 198 g/mol. The Morgan fingerprint density at radius 1 is 1.62 bits per heavy atom. The van der Waals surface area contributed by atoms with Crippen molar-refractivity contribution >= 4 is 11.6 Å². The highest BCUT2D eigenvalue weighted by atomic mass is 35.5. The summed E-state index contributed by atoms with van der Waals surface area (Å²) < 4.78 is 0. The van der Waals surface area contributed by atoms with Gasteiger partial charge in [-0.2, -0.15) is 0 Å². The van der Waals surface area contributed by atoms with Crippen LogP contribution in [0.15, 0.2) is 18.3 Å². The maximum absolute atomic E-state index is 5.94. The fourth-order valence-corrected chi connectivity index (χ4v) is 1.64. The number of aromatic nitrogens is 1. The summed E-state index contributed by atoms with van der Waals surface area (Å²) in [7, 11) is 0. The number of halogens is 1. The highest BCUT2D eigenvalue weighted by Gasteiger charge is 2.12. The summed E-state index contributed by atoms with van der Waals surface area (Å²) in [4.78, 5) is 4.03. The van der Waals surface area contributed by atoms with E-state index < -0.39 is 0 Å². The Morgan fingerprint density at radius 3 is 3.23 bits per heavy atom. The summed E-state index contributed by atoms with van der Waals surface area (Å²) >= 11 is 5.94. The van der Waals surface area contributed by atoms with Gasteiger partial charge in [-0.1, -0.05) is 17.7 Å². The van der Waals surface area contributed by atoms with Crippen molar-refractivity contribution in [1.82, 2.24) is 15.4 Å². The molecule has 1 N–H and O–H groups in total. The van der Waals surface area contributed by atoms with E-state index in [-0.39, 0.29) is 0 Å². The third-order valence-electron chi connectivity index (χ3n) is 2.14. The summed E-state index contributed by atoms with van der Waals surface area (Å²) in [6, 6.07) is 3.92. The Bertz CT molecular complexity index is 284. The normalized spacial score (nSPS) is 17.9. The van der Waals surface area contributed by atoms with Gasteiger partial charge < -0.3 is 0 Å². The average Bonchev–Trinajstić information content (AvgIpc) is 2.61. The molecule has 2 rings (SSSR count). The van der Waals surface area contributed by atoms with Gasteiger partial charge in [-0.25, -0.2) is 9.99 Å². The van der Waals surface area contributed by atoms with Gasteiger partial charge in [0, 0.05) is 31.4 Å². The van der Waals surface area contributed by atoms with Gasteiger partial charge in [0.2, 0.25) is 0 Å². The number of nitrogens with zero attached hydrogens (tertiary/aromatic N) is 2. The molecule has 0 bridgehead atoms. The molecule has 70 valence electrons. The molecular weight excluding hydrogens is 186 g/mol. The Kier molecular flexibility index (Phi) is 2.78. The molecule has 1 fully saturated rings. The van der Waals surface area contributed by atoms with Gasteiger partial charge in [0.15, 0.2) is 0 Å². The second-order valence-corrected chi connectivity index (χ2v) is 3.49. The predicted molar refractivity (Wildman–Crippen MR) is 52.3 cm³/mol. The molecule has 0 aromatic carbocycles. The smallest absolute Gasteiger partial charge is 0.133 e. The third kappa shape index (κ3) is 2.18. The molecule has 0 aliphatic carbocycles. The molecule has 0 unspecified atom stereocenters. The second-order valence-electron chi connectivity index (χ2n) is 3.14. The van der Waals surface area contributed by atoms with E-state index in [2.05, 4.69) is 15.4 Å². The molecule has 1 aromatic rings. The van der Waals surface area contributed by atoms with Crippen LogP contribution >= 0.6 is 11.6 Å². The number of hydrogen-bond donors (Lipinski definition) is 1. The molecular formula is C9H12ClN3. The maximum Gasteiger partial charge on any atom is 0.133 e. The van der Waals surface area contributed by atoms with Crippen LogP contribution in [-0.4, -0.2) is 23.1 Å². The Balaban J connectivity index is 2.04. The molecule has 0 spiro atoms. The Morgan fingerprint density at radius 2 is 2.54 bits per heavy atom. The fourth-order valence-electron chi connectivity index (χ4n) is 1.46. The molecule has 1 saturated heterocycles. The first-order valence-corrected chi connectivity index (χ1v) is 4.82. The number of hydrazine groups is 1. The minimum Gasteiger partial charge on any atom is -0.255 e. The molecule has 0 radical (unpaired) electrons. The zero-order chi connectivity index (χ0) is 9.10. The van der Waals surface area contributed by atoms with Crippen LogP contribution in [0.3, 0.4) is 0 Å². The highest BCUT2D eigenvalue weighted by Crippen LogP contribution is 2.14. The van der Waals surface area contributed by atoms with Crippen molar-refractivity contribution in [3.05, 3.63) is 29.0 Å². The van der Waals surface area contributed by atoms with Crippen LogP contribution < -0.4 is 5.43 Å². The molecule has 0 saturated carbocycles. The fraction of sp³-hybridized carbons (Fsp3) is 0.444. The van der Waals surface area contributed by atoms with E-state index in [0.717, 1.165) is 25.2 Å². The number of pyridine rings is 1. The van der Waals surface area contributed by atoms with Crippen LogP contribution in [-0.2, 0) is 6.54 Å². The lowest BCUT2D eigenvalue weighted by Gasteiger charge is -2.15. The molecule has 1 aliphatic heterocycles. The zero-order valence-corrected chi connectivity index (χ0v) is 8.09. The highest BCUT2D eigenvalue weighted by molar-refractivity contribution is 6.30. The van der Waals surface area contributed by atoms with E-state index in [4.69, 9.17) is 11.6 Å². The summed E-state index contributed by atoms with van der Waals surface area (Å²) in [6.07, 6.45) is 2.92. The van der Waals surface area contributed by atoms with E-state index >= 15 is 0 Å². The standard InChI is InChI=1S/C9H12ClN3/c10-9-8(3-1-4-11-9)7-13-6-2-5-12-13/h1,3-4,12H,2,5-7H2. The second kappa shape index (κ2) is 4.05. The molecule has 0 atom stereocenters. The molecule has 2 heterocycles. The van der Waals surface area contributed by atoms with Crippen molar-refractivity contribution < 1.29 is 0 Å². The van der Waals surface area contributed by atoms with Crippen LogP contribution in [0.2, 0.25) is 5.15 Å². The lowest BCUT2D eigenvalue weighted by Crippen LogP contribution is -2.30. The summed E-state index contributed by atoms with van der Waals surface area (Å²) in [5.74, 6) is 0. The summed E-state index contributed by atoms with van der Waals surface area (Å²) in [6.45, 7) is 3.00. The van der Waals surface area contributed by atoms with Crippen LogP contribution in [0.25, 0.3) is 0 Å². The van der Waals surface area contributed by atoms with Gasteiger partial charge in [-0.3, -0.25) is 5.43 Å². The van der Waals surface area contributed by atoms with Crippen LogP contribution in [0, 0.1) is 0 Å². The number of hydrogen-bond acceptors (Lipinski definition) is 3. The van der Waals surface area contributed by atoms with Gasteiger partial charge in [0.25, 0.3) is 0 Å². The Labute approximate surface area is 82.7 Å². The van der Waals surface area contributed by atoms with Crippen molar-refractivity contribution in [2.24, 2.45) is 0 Å². The van der Waals surface area contributed by atoms with Crippen LogP contribution in [0.5, 0.6) is 0 Å². The number of rotatable bonds is 2. The maximum atomic E-state index is 5.94. The monoisotopic (exact) mass is 197 g/mol. The largest absolute Gasteiger partial charge is 0.255 e. The summed E-state index contributed by atoms with van der Waals surface area (Å²) in [5.41, 5.74) is 4.36. The van der Waals surface area contributed by atoms with E-state index in [0.29, 0.717) is 5.15 Å². The van der Waals surface area contributed by atoms with E-state index in [1.54, 1.807) is 6.20 Å². The molecule has 3 nitrogen and oxygen atoms in total. The van der Waals surface area contributed by atoms with E-state index in [9.17, 15) is 0 Å². The van der Waals surface area contributed by atoms with E-state index in [1.165, 1.54) is 6.42 Å². The molecule has 1 aromatic heterocycles. The minimum atomic E-state index is 0.608. The SMILES string of the molecule is Clc1ncccc1CN1CCCN1. The van der Waals surface area contributed by atoms with Gasteiger partial charge in [0.05, 0.1) is 0 Å².